The monoisotopic (exact) mass is 265 g/mol. The zero-order valence-corrected chi connectivity index (χ0v) is 10.6. The summed E-state index contributed by atoms with van der Waals surface area (Å²) in [7, 11) is 0. The number of benzene rings is 2. The van der Waals surface area contributed by atoms with E-state index in [0.29, 0.717) is 6.42 Å². The summed E-state index contributed by atoms with van der Waals surface area (Å²) in [4.78, 5) is 22.3. The average molecular weight is 265 g/mol. The van der Waals surface area contributed by atoms with Crippen molar-refractivity contribution in [1.82, 2.24) is 0 Å². The first-order chi connectivity index (χ1) is 9.65. The Morgan fingerprint density at radius 1 is 1.00 bits per heavy atom. The van der Waals surface area contributed by atoms with Crippen molar-refractivity contribution in [2.24, 2.45) is 0 Å². The van der Waals surface area contributed by atoms with Crippen LogP contribution in [0.1, 0.15) is 27.9 Å². The van der Waals surface area contributed by atoms with Gasteiger partial charge in [-0.25, -0.2) is 0 Å². The molecule has 0 aliphatic heterocycles. The van der Waals surface area contributed by atoms with E-state index in [1.165, 1.54) is 12.1 Å². The van der Waals surface area contributed by atoms with Gasteiger partial charge in [-0.15, -0.1) is 0 Å². The van der Waals surface area contributed by atoms with Gasteiger partial charge in [0.05, 0.1) is 4.92 Å². The van der Waals surface area contributed by atoms with Crippen LogP contribution in [0.4, 0.5) is 5.69 Å². The maximum Gasteiger partial charge on any atom is 0.269 e. The van der Waals surface area contributed by atoms with E-state index >= 15 is 0 Å². The summed E-state index contributed by atoms with van der Waals surface area (Å²) >= 11 is 0. The summed E-state index contributed by atoms with van der Waals surface area (Å²) in [6, 6.07) is 13.8. The second kappa shape index (κ2) is 4.74. The van der Waals surface area contributed by atoms with Crippen molar-refractivity contribution in [1.29, 1.82) is 0 Å². The largest absolute Gasteiger partial charge is 0.294 e. The number of nitrogens with zero attached hydrogens (tertiary/aromatic N) is 1. The van der Waals surface area contributed by atoms with Gasteiger partial charge < -0.3 is 0 Å². The van der Waals surface area contributed by atoms with E-state index in [1.54, 1.807) is 12.1 Å². The van der Waals surface area contributed by atoms with E-state index in [-0.39, 0.29) is 11.5 Å². The van der Waals surface area contributed by atoms with Crippen molar-refractivity contribution in [2.45, 2.75) is 6.42 Å². The molecule has 0 atom stereocenters. The predicted octanol–water partition coefficient (Wildman–Crippen LogP) is 3.72. The van der Waals surface area contributed by atoms with Crippen LogP contribution in [-0.4, -0.2) is 10.7 Å². The first kappa shape index (κ1) is 12.3. The molecule has 2 aromatic carbocycles. The van der Waals surface area contributed by atoms with E-state index in [4.69, 9.17) is 0 Å². The molecule has 2 aromatic rings. The first-order valence-corrected chi connectivity index (χ1v) is 6.23. The number of allylic oxidation sites excluding steroid dienone is 1. The summed E-state index contributed by atoms with van der Waals surface area (Å²) in [5, 5.41) is 10.6. The second-order valence-corrected chi connectivity index (χ2v) is 4.66. The smallest absolute Gasteiger partial charge is 0.269 e. The highest BCUT2D eigenvalue weighted by molar-refractivity contribution is 6.11. The Bertz CT molecular complexity index is 730. The minimum Gasteiger partial charge on any atom is -0.294 e. The number of fused-ring (bicyclic) bond motifs is 1. The summed E-state index contributed by atoms with van der Waals surface area (Å²) in [6.07, 6.45) is 2.30. The summed E-state index contributed by atoms with van der Waals surface area (Å²) in [6.45, 7) is 0. The quantitative estimate of drug-likeness (QED) is 0.614. The van der Waals surface area contributed by atoms with E-state index in [9.17, 15) is 14.9 Å². The van der Waals surface area contributed by atoms with Crippen molar-refractivity contribution in [3.05, 3.63) is 75.3 Å². The number of non-ortho nitro benzene ring substituents is 1. The topological polar surface area (TPSA) is 60.2 Å². The van der Waals surface area contributed by atoms with E-state index in [2.05, 4.69) is 0 Å². The number of carbonyl (C=O) groups excluding carboxylic acids is 1. The molecule has 0 bridgehead atoms. The van der Waals surface area contributed by atoms with Crippen LogP contribution in [-0.2, 0) is 0 Å². The van der Waals surface area contributed by atoms with Gasteiger partial charge in [0.15, 0.2) is 5.78 Å². The fourth-order valence-electron chi connectivity index (χ4n) is 2.37. The molecule has 1 aliphatic rings. The van der Waals surface area contributed by atoms with Crippen molar-refractivity contribution in [2.75, 3.05) is 0 Å². The Labute approximate surface area is 115 Å². The normalized spacial score (nSPS) is 13.6. The molecule has 0 radical (unpaired) electrons. The number of ketones is 1. The lowest BCUT2D eigenvalue weighted by atomic mass is 9.88. The molecular weight excluding hydrogens is 254 g/mol. The average Bonchev–Trinajstić information content (AvgIpc) is 2.47. The van der Waals surface area contributed by atoms with Crippen LogP contribution in [0.5, 0.6) is 0 Å². The molecule has 0 N–H and O–H groups in total. The predicted molar refractivity (Wildman–Crippen MR) is 76.4 cm³/mol. The molecule has 0 unspecified atom stereocenters. The number of hydrogen-bond donors (Lipinski definition) is 0. The molecule has 98 valence electrons. The van der Waals surface area contributed by atoms with Gasteiger partial charge in [0.25, 0.3) is 5.69 Å². The van der Waals surface area contributed by atoms with E-state index in [0.717, 1.165) is 22.3 Å². The Hall–Kier alpha value is -2.75. The third kappa shape index (κ3) is 2.12. The summed E-state index contributed by atoms with van der Waals surface area (Å²) in [5.41, 5.74) is 3.43. The molecule has 0 aromatic heterocycles. The molecule has 0 fully saturated rings. The van der Waals surface area contributed by atoms with Gasteiger partial charge >= 0.3 is 0 Å². The number of hydrogen-bond acceptors (Lipinski definition) is 3. The molecule has 20 heavy (non-hydrogen) atoms. The van der Waals surface area contributed by atoms with Crippen molar-refractivity contribution < 1.29 is 9.72 Å². The second-order valence-electron chi connectivity index (χ2n) is 4.66. The Balaban J connectivity index is 2.01. The van der Waals surface area contributed by atoms with Gasteiger partial charge in [-0.05, 0) is 34.9 Å². The molecule has 1 aliphatic carbocycles. The Morgan fingerprint density at radius 3 is 2.40 bits per heavy atom. The van der Waals surface area contributed by atoms with Crippen LogP contribution in [0.15, 0.2) is 48.5 Å². The zero-order chi connectivity index (χ0) is 14.1. The molecule has 0 heterocycles. The van der Waals surface area contributed by atoms with Crippen LogP contribution in [0, 0.1) is 10.1 Å². The minimum atomic E-state index is -0.431. The number of Topliss-reactive ketones (excluding diaryl/α,β-unsaturated/α-hetero) is 1. The van der Waals surface area contributed by atoms with Gasteiger partial charge in [0, 0.05) is 24.1 Å². The summed E-state index contributed by atoms with van der Waals surface area (Å²) in [5.74, 6) is 0.0800. The molecule has 0 spiro atoms. The third-order valence-electron chi connectivity index (χ3n) is 3.39. The summed E-state index contributed by atoms with van der Waals surface area (Å²) < 4.78 is 0. The molecular formula is C16H11NO3. The van der Waals surface area contributed by atoms with Gasteiger partial charge in [0.1, 0.15) is 0 Å². The maximum atomic E-state index is 12.1. The standard InChI is InChI=1S/C16H11NO3/c18-16-10-13(9-12-3-1-2-4-15(12)16)11-5-7-14(8-6-11)17(19)20/h1-9H,10H2. The third-order valence-corrected chi connectivity index (χ3v) is 3.39. The number of nitro benzene ring substituents is 1. The fraction of sp³-hybridized carbons (Fsp3) is 0.0625. The fourth-order valence-corrected chi connectivity index (χ4v) is 2.37. The van der Waals surface area contributed by atoms with E-state index in [1.807, 2.05) is 30.3 Å². The van der Waals surface area contributed by atoms with Gasteiger partial charge in [-0.2, -0.15) is 0 Å². The van der Waals surface area contributed by atoms with Crippen LogP contribution in [0.3, 0.4) is 0 Å². The number of nitro groups is 1. The molecule has 0 amide bonds. The minimum absolute atomic E-state index is 0.0527. The SMILES string of the molecule is O=C1CC(c2ccc([N+](=O)[O-])cc2)=Cc2ccccc21. The maximum absolute atomic E-state index is 12.1. The van der Waals surface area contributed by atoms with Crippen LogP contribution >= 0.6 is 0 Å². The van der Waals surface area contributed by atoms with Crippen molar-refractivity contribution >= 4 is 23.1 Å². The van der Waals surface area contributed by atoms with Crippen LogP contribution in [0.25, 0.3) is 11.6 Å². The highest BCUT2D eigenvalue weighted by Crippen LogP contribution is 2.30. The Kier molecular flexibility index (Phi) is 2.91. The molecule has 0 saturated carbocycles. The molecule has 0 saturated heterocycles. The number of carbonyl (C=O) groups is 1. The molecule has 4 nitrogen and oxygen atoms in total. The van der Waals surface area contributed by atoms with Crippen molar-refractivity contribution in [3.8, 4) is 0 Å². The van der Waals surface area contributed by atoms with Gasteiger partial charge in [-0.3, -0.25) is 14.9 Å². The highest BCUT2D eigenvalue weighted by Gasteiger charge is 2.19. The Morgan fingerprint density at radius 2 is 1.70 bits per heavy atom. The van der Waals surface area contributed by atoms with Crippen molar-refractivity contribution in [3.63, 3.8) is 0 Å². The van der Waals surface area contributed by atoms with E-state index < -0.39 is 4.92 Å². The lowest BCUT2D eigenvalue weighted by molar-refractivity contribution is -0.384. The lowest BCUT2D eigenvalue weighted by Crippen LogP contribution is -2.07. The van der Waals surface area contributed by atoms with Gasteiger partial charge in [0.2, 0.25) is 0 Å². The van der Waals surface area contributed by atoms with Gasteiger partial charge in [-0.1, -0.05) is 24.3 Å². The highest BCUT2D eigenvalue weighted by atomic mass is 16.6. The zero-order valence-electron chi connectivity index (χ0n) is 10.6. The molecule has 4 heteroatoms. The molecule has 3 rings (SSSR count). The number of rotatable bonds is 2. The first-order valence-electron chi connectivity index (χ1n) is 6.23. The van der Waals surface area contributed by atoms with Crippen LogP contribution in [0.2, 0.25) is 0 Å². The lowest BCUT2D eigenvalue weighted by Gasteiger charge is -2.15. The van der Waals surface area contributed by atoms with Crippen LogP contribution < -0.4 is 0 Å².